The lowest BCUT2D eigenvalue weighted by atomic mass is 9.97. The average Bonchev–Trinajstić information content (AvgIpc) is 2.64. The van der Waals surface area contributed by atoms with E-state index in [0.717, 1.165) is 11.0 Å². The smallest absolute Gasteiger partial charge is 0.330 e. The van der Waals surface area contributed by atoms with Gasteiger partial charge in [0.25, 0.3) is 5.69 Å². The Kier molecular flexibility index (Phi) is 7.28. The molecule has 0 radical (unpaired) electrons. The van der Waals surface area contributed by atoms with Gasteiger partial charge in [-0.15, -0.1) is 0 Å². The van der Waals surface area contributed by atoms with E-state index in [0.29, 0.717) is 0 Å². The van der Waals surface area contributed by atoms with Gasteiger partial charge in [0.05, 0.1) is 17.4 Å². The molecule has 0 aliphatic carbocycles. The predicted molar refractivity (Wildman–Crippen MR) is 113 cm³/mol. The number of nitro benzene ring substituents is 1. The average molecular weight is 455 g/mol. The lowest BCUT2D eigenvalue weighted by Crippen LogP contribution is -2.62. The summed E-state index contributed by atoms with van der Waals surface area (Å²) in [5, 5.41) is 13.8. The molecule has 1 aliphatic heterocycles. The zero-order chi connectivity index (χ0) is 23.7. The minimum atomic E-state index is -1.25. The van der Waals surface area contributed by atoms with Gasteiger partial charge in [-0.05, 0) is 32.8 Å². The quantitative estimate of drug-likeness (QED) is 0.394. The van der Waals surface area contributed by atoms with Crippen LogP contribution >= 0.6 is 11.6 Å². The van der Waals surface area contributed by atoms with Crippen molar-refractivity contribution < 1.29 is 24.0 Å². The number of rotatable bonds is 5. The van der Waals surface area contributed by atoms with Gasteiger partial charge in [-0.1, -0.05) is 31.5 Å². The summed E-state index contributed by atoms with van der Waals surface area (Å²) in [6.45, 7) is 8.49. The summed E-state index contributed by atoms with van der Waals surface area (Å²) < 4.78 is 5.43. The van der Waals surface area contributed by atoms with Crippen molar-refractivity contribution in [2.45, 2.75) is 64.9 Å². The van der Waals surface area contributed by atoms with Crippen LogP contribution < -0.4 is 11.1 Å². The summed E-state index contributed by atoms with van der Waals surface area (Å²) in [4.78, 5) is 50.4. The van der Waals surface area contributed by atoms with Crippen LogP contribution in [0, 0.1) is 16.0 Å². The topological polar surface area (TPSA) is 145 Å². The molecule has 10 nitrogen and oxygen atoms in total. The number of halogens is 1. The fraction of sp³-hybridized carbons (Fsp3) is 0.550. The molecule has 0 unspecified atom stereocenters. The molecule has 2 rings (SSSR count). The van der Waals surface area contributed by atoms with Crippen LogP contribution in [0.2, 0.25) is 5.02 Å². The first-order valence-corrected chi connectivity index (χ1v) is 10.1. The Morgan fingerprint density at radius 2 is 1.97 bits per heavy atom. The summed E-state index contributed by atoms with van der Waals surface area (Å²) in [7, 11) is 0. The number of nitrogens with two attached hydrogens (primary N) is 1. The second-order valence-corrected chi connectivity index (χ2v) is 9.11. The van der Waals surface area contributed by atoms with E-state index in [4.69, 9.17) is 22.1 Å². The number of hydrogen-bond acceptors (Lipinski definition) is 7. The van der Waals surface area contributed by atoms with Crippen molar-refractivity contribution in [1.29, 1.82) is 0 Å². The van der Waals surface area contributed by atoms with Gasteiger partial charge in [0.15, 0.2) is 0 Å². The fourth-order valence-corrected chi connectivity index (χ4v) is 3.31. The first kappa shape index (κ1) is 24.5. The highest BCUT2D eigenvalue weighted by Gasteiger charge is 2.45. The third kappa shape index (κ3) is 5.71. The van der Waals surface area contributed by atoms with Crippen LogP contribution in [0.1, 0.15) is 52.8 Å². The van der Waals surface area contributed by atoms with Crippen LogP contribution in [0.5, 0.6) is 0 Å². The Hall–Kier alpha value is -2.72. The Bertz CT molecular complexity index is 898. The molecule has 3 N–H and O–H groups in total. The molecule has 3 atom stereocenters. The SMILES string of the molecule is CC(C)[C@H](N)C(=O)N1[C@@H](c2ccc(Cl)c([N+](=O)[O-])c2)NC(=O)C[C@H]1C(=O)OC(C)(C)C. The van der Waals surface area contributed by atoms with Gasteiger partial charge in [-0.3, -0.25) is 19.7 Å². The molecule has 2 amide bonds. The summed E-state index contributed by atoms with van der Waals surface area (Å²) >= 11 is 5.90. The van der Waals surface area contributed by atoms with E-state index < -0.39 is 52.2 Å². The standard InChI is InChI=1S/C20H27ClN4O6/c1-10(2)16(22)18(27)24-14(19(28)31-20(3,4)5)9-15(26)23-17(24)11-6-7-12(21)13(8-11)25(29)30/h6-8,10,14,16-17H,9,22H2,1-5H3,(H,23,26)/t14-,16-,17-/m0/s1. The van der Waals surface area contributed by atoms with Crippen molar-refractivity contribution in [2.24, 2.45) is 11.7 Å². The summed E-state index contributed by atoms with van der Waals surface area (Å²) in [6, 6.07) is 1.68. The highest BCUT2D eigenvalue weighted by molar-refractivity contribution is 6.32. The summed E-state index contributed by atoms with van der Waals surface area (Å²) in [6.07, 6.45) is -1.48. The first-order valence-electron chi connectivity index (χ1n) is 9.76. The van der Waals surface area contributed by atoms with E-state index in [9.17, 15) is 24.5 Å². The van der Waals surface area contributed by atoms with Gasteiger partial charge in [0.2, 0.25) is 11.8 Å². The lowest BCUT2D eigenvalue weighted by Gasteiger charge is -2.43. The van der Waals surface area contributed by atoms with Gasteiger partial charge in [0.1, 0.15) is 22.8 Å². The van der Waals surface area contributed by atoms with E-state index in [-0.39, 0.29) is 22.9 Å². The van der Waals surface area contributed by atoms with Crippen molar-refractivity contribution in [3.8, 4) is 0 Å². The maximum absolute atomic E-state index is 13.3. The summed E-state index contributed by atoms with van der Waals surface area (Å²) in [5.74, 6) is -2.13. The molecule has 1 aromatic rings. The largest absolute Gasteiger partial charge is 0.458 e. The monoisotopic (exact) mass is 454 g/mol. The van der Waals surface area contributed by atoms with Crippen LogP contribution in [-0.4, -0.2) is 45.3 Å². The number of esters is 1. The molecule has 1 saturated heterocycles. The molecule has 0 bridgehead atoms. The molecule has 0 saturated carbocycles. The van der Waals surface area contributed by atoms with Crippen LogP contribution in [0.15, 0.2) is 18.2 Å². The second-order valence-electron chi connectivity index (χ2n) is 8.71. The Labute approximate surface area is 185 Å². The van der Waals surface area contributed by atoms with Crippen molar-refractivity contribution in [3.05, 3.63) is 38.9 Å². The fourth-order valence-electron chi connectivity index (χ4n) is 3.12. The number of nitro groups is 1. The molecule has 0 spiro atoms. The van der Waals surface area contributed by atoms with Gasteiger partial charge >= 0.3 is 5.97 Å². The van der Waals surface area contributed by atoms with Crippen LogP contribution in [-0.2, 0) is 19.1 Å². The molecule has 1 aromatic carbocycles. The number of hydrogen-bond donors (Lipinski definition) is 2. The highest BCUT2D eigenvalue weighted by Crippen LogP contribution is 2.33. The number of carbonyl (C=O) groups excluding carboxylic acids is 3. The predicted octanol–water partition coefficient (Wildman–Crippen LogP) is 2.29. The van der Waals surface area contributed by atoms with E-state index >= 15 is 0 Å². The zero-order valence-corrected chi connectivity index (χ0v) is 18.8. The van der Waals surface area contributed by atoms with Crippen molar-refractivity contribution in [2.75, 3.05) is 0 Å². The van der Waals surface area contributed by atoms with E-state index in [1.807, 2.05) is 0 Å². The van der Waals surface area contributed by atoms with Crippen molar-refractivity contribution in [1.82, 2.24) is 10.2 Å². The second kappa shape index (κ2) is 9.19. The Morgan fingerprint density at radius 3 is 2.48 bits per heavy atom. The number of nitrogens with one attached hydrogen (secondary N) is 1. The van der Waals surface area contributed by atoms with Crippen LogP contribution in [0.25, 0.3) is 0 Å². The highest BCUT2D eigenvalue weighted by atomic mass is 35.5. The number of ether oxygens (including phenoxy) is 1. The molecular weight excluding hydrogens is 428 g/mol. The first-order chi connectivity index (χ1) is 14.2. The molecule has 1 aliphatic rings. The number of nitrogens with zero attached hydrogens (tertiary/aromatic N) is 2. The molecule has 1 heterocycles. The molecule has 11 heteroatoms. The molecule has 1 fully saturated rings. The number of amides is 2. The van der Waals surface area contributed by atoms with Crippen molar-refractivity contribution >= 4 is 35.1 Å². The Morgan fingerprint density at radius 1 is 1.35 bits per heavy atom. The number of benzene rings is 1. The van der Waals surface area contributed by atoms with Gasteiger partial charge in [-0.2, -0.15) is 0 Å². The van der Waals surface area contributed by atoms with Gasteiger partial charge in [0, 0.05) is 11.6 Å². The maximum atomic E-state index is 13.3. The third-order valence-corrected chi connectivity index (χ3v) is 5.03. The van der Waals surface area contributed by atoms with Gasteiger partial charge in [-0.25, -0.2) is 4.79 Å². The Balaban J connectivity index is 2.59. The normalized spacial score (nSPS) is 20.3. The number of carbonyl (C=O) groups is 3. The lowest BCUT2D eigenvalue weighted by molar-refractivity contribution is -0.384. The van der Waals surface area contributed by atoms with Crippen molar-refractivity contribution in [3.63, 3.8) is 0 Å². The maximum Gasteiger partial charge on any atom is 0.330 e. The molecule has 31 heavy (non-hydrogen) atoms. The molecule has 170 valence electrons. The minimum Gasteiger partial charge on any atom is -0.458 e. The van der Waals surface area contributed by atoms with Gasteiger partial charge < -0.3 is 20.7 Å². The van der Waals surface area contributed by atoms with Crippen LogP contribution in [0.4, 0.5) is 5.69 Å². The molecule has 0 aromatic heterocycles. The van der Waals surface area contributed by atoms with E-state index in [1.54, 1.807) is 34.6 Å². The third-order valence-electron chi connectivity index (χ3n) is 4.71. The zero-order valence-electron chi connectivity index (χ0n) is 18.0. The molecular formula is C20H27ClN4O6. The van der Waals surface area contributed by atoms with E-state index in [2.05, 4.69) is 5.32 Å². The summed E-state index contributed by atoms with van der Waals surface area (Å²) in [5.41, 5.74) is 5.03. The minimum absolute atomic E-state index is 0.101. The van der Waals surface area contributed by atoms with Crippen LogP contribution in [0.3, 0.4) is 0 Å². The van der Waals surface area contributed by atoms with E-state index in [1.165, 1.54) is 12.1 Å².